The summed E-state index contributed by atoms with van der Waals surface area (Å²) in [6.07, 6.45) is 2.80. The number of nitrogens with zero attached hydrogens (tertiary/aromatic N) is 2. The lowest BCUT2D eigenvalue weighted by Gasteiger charge is -2.03. The molecule has 2 rings (SSSR count). The Morgan fingerprint density at radius 3 is 2.71 bits per heavy atom. The van der Waals surface area contributed by atoms with Crippen molar-refractivity contribution in [2.75, 3.05) is 5.73 Å². The zero-order valence-electron chi connectivity index (χ0n) is 7.31. The molecule has 0 unspecified atom stereocenters. The molecule has 3 nitrogen and oxygen atoms in total. The third kappa shape index (κ3) is 1.42. The molecular formula is C10H8FN3. The molecule has 1 aromatic carbocycles. The van der Waals surface area contributed by atoms with Crippen LogP contribution in [0.15, 0.2) is 36.8 Å². The second kappa shape index (κ2) is 3.41. The van der Waals surface area contributed by atoms with Gasteiger partial charge in [0, 0.05) is 5.56 Å². The van der Waals surface area contributed by atoms with Crippen molar-refractivity contribution >= 4 is 5.69 Å². The molecule has 0 aliphatic heterocycles. The molecule has 2 N–H and O–H groups in total. The summed E-state index contributed by atoms with van der Waals surface area (Å²) in [7, 11) is 0. The number of benzene rings is 1. The third-order valence-corrected chi connectivity index (χ3v) is 1.87. The number of rotatable bonds is 1. The molecule has 14 heavy (non-hydrogen) atoms. The van der Waals surface area contributed by atoms with Gasteiger partial charge in [0.05, 0.1) is 17.6 Å². The Hall–Kier alpha value is -1.97. The van der Waals surface area contributed by atoms with E-state index in [0.29, 0.717) is 16.9 Å². The first-order chi connectivity index (χ1) is 6.79. The molecule has 0 aliphatic carbocycles. The molecule has 70 valence electrons. The number of anilines is 1. The Morgan fingerprint density at radius 2 is 2.00 bits per heavy atom. The summed E-state index contributed by atoms with van der Waals surface area (Å²) >= 11 is 0. The van der Waals surface area contributed by atoms with Gasteiger partial charge in [-0.1, -0.05) is 12.1 Å². The van der Waals surface area contributed by atoms with Crippen LogP contribution in [0.4, 0.5) is 10.1 Å². The lowest BCUT2D eigenvalue weighted by atomic mass is 10.1. The maximum Gasteiger partial charge on any atom is 0.132 e. The van der Waals surface area contributed by atoms with E-state index in [-0.39, 0.29) is 5.82 Å². The van der Waals surface area contributed by atoms with Crippen molar-refractivity contribution in [3.05, 3.63) is 42.6 Å². The summed E-state index contributed by atoms with van der Waals surface area (Å²) < 4.78 is 13.3. The Balaban J connectivity index is 2.61. The SMILES string of the molecule is Nc1cncnc1-c1ccccc1F. The first kappa shape index (κ1) is 8.62. The molecule has 0 aliphatic rings. The van der Waals surface area contributed by atoms with Crippen LogP contribution in [0.3, 0.4) is 0 Å². The lowest BCUT2D eigenvalue weighted by Crippen LogP contribution is -1.95. The van der Waals surface area contributed by atoms with Crippen molar-refractivity contribution in [2.24, 2.45) is 0 Å². The Morgan fingerprint density at radius 1 is 1.21 bits per heavy atom. The van der Waals surface area contributed by atoms with Gasteiger partial charge in [0.1, 0.15) is 12.1 Å². The number of hydrogen-bond acceptors (Lipinski definition) is 3. The fraction of sp³-hybridized carbons (Fsp3) is 0. The van der Waals surface area contributed by atoms with Crippen molar-refractivity contribution in [1.29, 1.82) is 0 Å². The van der Waals surface area contributed by atoms with Crippen LogP contribution in [0.25, 0.3) is 11.3 Å². The smallest absolute Gasteiger partial charge is 0.132 e. The van der Waals surface area contributed by atoms with Crippen molar-refractivity contribution in [1.82, 2.24) is 9.97 Å². The largest absolute Gasteiger partial charge is 0.396 e. The monoisotopic (exact) mass is 189 g/mol. The van der Waals surface area contributed by atoms with Crippen molar-refractivity contribution in [3.63, 3.8) is 0 Å². The van der Waals surface area contributed by atoms with Gasteiger partial charge in [-0.2, -0.15) is 0 Å². The molecule has 2 aromatic rings. The predicted octanol–water partition coefficient (Wildman–Crippen LogP) is 1.86. The molecule has 0 saturated heterocycles. The van der Waals surface area contributed by atoms with E-state index in [0.717, 1.165) is 0 Å². The molecule has 0 radical (unpaired) electrons. The number of nitrogen functional groups attached to an aromatic ring is 1. The van der Waals surface area contributed by atoms with Gasteiger partial charge in [-0.25, -0.2) is 14.4 Å². The number of aromatic nitrogens is 2. The van der Waals surface area contributed by atoms with Crippen LogP contribution >= 0.6 is 0 Å². The van der Waals surface area contributed by atoms with Crippen LogP contribution in [0, 0.1) is 5.82 Å². The van der Waals surface area contributed by atoms with Gasteiger partial charge in [-0.15, -0.1) is 0 Å². The van der Waals surface area contributed by atoms with Gasteiger partial charge in [0.15, 0.2) is 0 Å². The van der Waals surface area contributed by atoms with E-state index in [1.807, 2.05) is 0 Å². The fourth-order valence-electron chi connectivity index (χ4n) is 1.22. The zero-order valence-corrected chi connectivity index (χ0v) is 7.31. The maximum atomic E-state index is 13.3. The molecule has 0 saturated carbocycles. The van der Waals surface area contributed by atoms with E-state index in [4.69, 9.17) is 5.73 Å². The highest BCUT2D eigenvalue weighted by molar-refractivity contribution is 5.71. The zero-order chi connectivity index (χ0) is 9.97. The summed E-state index contributed by atoms with van der Waals surface area (Å²) in [5, 5.41) is 0. The highest BCUT2D eigenvalue weighted by Gasteiger charge is 2.07. The summed E-state index contributed by atoms with van der Waals surface area (Å²) in [4.78, 5) is 7.67. The van der Waals surface area contributed by atoms with Gasteiger partial charge < -0.3 is 5.73 Å². The van der Waals surface area contributed by atoms with Gasteiger partial charge in [-0.3, -0.25) is 0 Å². The summed E-state index contributed by atoms with van der Waals surface area (Å²) in [5.74, 6) is -0.335. The molecule has 0 atom stereocenters. The Labute approximate surface area is 80.4 Å². The third-order valence-electron chi connectivity index (χ3n) is 1.87. The van der Waals surface area contributed by atoms with Crippen LogP contribution in [0.5, 0.6) is 0 Å². The lowest BCUT2D eigenvalue weighted by molar-refractivity contribution is 0.631. The predicted molar refractivity (Wildman–Crippen MR) is 51.8 cm³/mol. The van der Waals surface area contributed by atoms with Gasteiger partial charge in [0.25, 0.3) is 0 Å². The summed E-state index contributed by atoms with van der Waals surface area (Å²) in [6, 6.07) is 6.36. The molecule has 0 amide bonds. The van der Waals surface area contributed by atoms with E-state index < -0.39 is 0 Å². The molecule has 4 heteroatoms. The van der Waals surface area contributed by atoms with Crippen molar-refractivity contribution < 1.29 is 4.39 Å². The molecular weight excluding hydrogens is 181 g/mol. The van der Waals surface area contributed by atoms with Gasteiger partial charge in [0.2, 0.25) is 0 Å². The fourth-order valence-corrected chi connectivity index (χ4v) is 1.22. The van der Waals surface area contributed by atoms with E-state index >= 15 is 0 Å². The topological polar surface area (TPSA) is 51.8 Å². The standard InChI is InChI=1S/C10H8FN3/c11-8-4-2-1-3-7(8)10-9(12)5-13-6-14-10/h1-6H,12H2. The van der Waals surface area contributed by atoms with Crippen LogP contribution in [0.2, 0.25) is 0 Å². The summed E-state index contributed by atoms with van der Waals surface area (Å²) in [5.41, 5.74) is 6.83. The number of nitrogens with two attached hydrogens (primary N) is 1. The quantitative estimate of drug-likeness (QED) is 0.744. The second-order valence-electron chi connectivity index (χ2n) is 2.81. The van der Waals surface area contributed by atoms with E-state index in [2.05, 4.69) is 9.97 Å². The Kier molecular flexibility index (Phi) is 2.10. The summed E-state index contributed by atoms with van der Waals surface area (Å²) in [6.45, 7) is 0. The van der Waals surface area contributed by atoms with Crippen molar-refractivity contribution in [2.45, 2.75) is 0 Å². The first-order valence-electron chi connectivity index (χ1n) is 4.09. The minimum Gasteiger partial charge on any atom is -0.396 e. The average Bonchev–Trinajstić information content (AvgIpc) is 2.20. The van der Waals surface area contributed by atoms with Crippen LogP contribution < -0.4 is 5.73 Å². The van der Waals surface area contributed by atoms with Gasteiger partial charge >= 0.3 is 0 Å². The molecule has 1 aromatic heterocycles. The van der Waals surface area contributed by atoms with Gasteiger partial charge in [-0.05, 0) is 12.1 Å². The minimum absolute atomic E-state index is 0.335. The average molecular weight is 189 g/mol. The highest BCUT2D eigenvalue weighted by atomic mass is 19.1. The maximum absolute atomic E-state index is 13.3. The normalized spacial score (nSPS) is 10.1. The van der Waals surface area contributed by atoms with Crippen LogP contribution in [0.1, 0.15) is 0 Å². The first-order valence-corrected chi connectivity index (χ1v) is 4.09. The molecule has 1 heterocycles. The molecule has 0 fully saturated rings. The highest BCUT2D eigenvalue weighted by Crippen LogP contribution is 2.24. The second-order valence-corrected chi connectivity index (χ2v) is 2.81. The van der Waals surface area contributed by atoms with Crippen molar-refractivity contribution in [3.8, 4) is 11.3 Å². The molecule has 0 spiro atoms. The molecule has 0 bridgehead atoms. The van der Waals surface area contributed by atoms with Crippen LogP contribution in [-0.2, 0) is 0 Å². The minimum atomic E-state index is -0.335. The Bertz CT molecular complexity index is 413. The number of hydrogen-bond donors (Lipinski definition) is 1. The van der Waals surface area contributed by atoms with E-state index in [1.165, 1.54) is 18.6 Å². The van der Waals surface area contributed by atoms with E-state index in [9.17, 15) is 4.39 Å². The van der Waals surface area contributed by atoms with E-state index in [1.54, 1.807) is 18.2 Å². The number of halogens is 1. The van der Waals surface area contributed by atoms with Crippen LogP contribution in [-0.4, -0.2) is 9.97 Å².